The summed E-state index contributed by atoms with van der Waals surface area (Å²) in [6.45, 7) is 4.49. The SMILES string of the molecule is CCCCCCc1ccc(-c2cccc3[cH-]c(CC)cc23)cc1.[Cl][Zr][Cl]. The second-order valence-electron chi connectivity index (χ2n) is 6.60. The average molecular weight is 466 g/mol. The molecule has 0 atom stereocenters. The van der Waals surface area contributed by atoms with Crippen molar-refractivity contribution >= 4 is 27.8 Å². The van der Waals surface area contributed by atoms with Gasteiger partial charge in [0.1, 0.15) is 0 Å². The molecular weight excluding hydrogens is 438 g/mol. The van der Waals surface area contributed by atoms with E-state index in [1.165, 1.54) is 65.1 Å². The molecule has 0 unspecified atom stereocenters. The first kappa shape index (κ1) is 21.8. The van der Waals surface area contributed by atoms with Crippen LogP contribution < -0.4 is 0 Å². The standard InChI is InChI=1S/C23H27.2ClH.Zr/c1-3-5-6-7-9-19-12-14-20(15-13-19)22-11-8-10-21-16-18(4-2)17-23(21)22;;;/h8,10-17H,3-7,9H2,1-2H3;2*1H;/q-1;;;+2/p-2. The van der Waals surface area contributed by atoms with Crippen molar-refractivity contribution in [3.8, 4) is 11.1 Å². The molecule has 0 spiro atoms. The third-order valence-corrected chi connectivity index (χ3v) is 4.80. The first-order valence-corrected chi connectivity index (χ1v) is 15.8. The number of rotatable bonds is 7. The van der Waals surface area contributed by atoms with E-state index in [4.69, 9.17) is 17.0 Å². The van der Waals surface area contributed by atoms with Gasteiger partial charge in [-0.05, 0) is 30.4 Å². The van der Waals surface area contributed by atoms with Crippen molar-refractivity contribution in [2.75, 3.05) is 0 Å². The number of hydrogen-bond acceptors (Lipinski definition) is 0. The number of unbranched alkanes of at least 4 members (excludes halogenated alkanes) is 3. The van der Waals surface area contributed by atoms with E-state index in [9.17, 15) is 0 Å². The fourth-order valence-electron chi connectivity index (χ4n) is 3.36. The van der Waals surface area contributed by atoms with Crippen LogP contribution >= 0.6 is 17.0 Å². The molecule has 0 aliphatic carbocycles. The van der Waals surface area contributed by atoms with Gasteiger partial charge in [0, 0.05) is 0 Å². The first-order chi connectivity index (χ1) is 12.7. The van der Waals surface area contributed by atoms with Gasteiger partial charge in [0.05, 0.1) is 0 Å². The molecule has 0 N–H and O–H groups in total. The van der Waals surface area contributed by atoms with Crippen LogP contribution in [0.5, 0.6) is 0 Å². The molecule has 0 aromatic heterocycles. The van der Waals surface area contributed by atoms with Crippen molar-refractivity contribution in [3.63, 3.8) is 0 Å². The zero-order valence-electron chi connectivity index (χ0n) is 15.7. The van der Waals surface area contributed by atoms with Gasteiger partial charge in [0.25, 0.3) is 0 Å². The summed E-state index contributed by atoms with van der Waals surface area (Å²) in [4.78, 5) is 0. The van der Waals surface area contributed by atoms with Crippen LogP contribution in [0.25, 0.3) is 21.9 Å². The molecule has 3 aromatic carbocycles. The molecule has 0 heterocycles. The first-order valence-electron chi connectivity index (χ1n) is 9.47. The van der Waals surface area contributed by atoms with Crippen molar-refractivity contribution < 1.29 is 20.8 Å². The molecule has 0 nitrogen and oxygen atoms in total. The summed E-state index contributed by atoms with van der Waals surface area (Å²) in [6, 6.07) is 20.5. The Labute approximate surface area is 176 Å². The van der Waals surface area contributed by atoms with Gasteiger partial charge < -0.3 is 0 Å². The summed E-state index contributed by atoms with van der Waals surface area (Å²) in [5.74, 6) is 0. The third kappa shape index (κ3) is 6.29. The van der Waals surface area contributed by atoms with Crippen LogP contribution in [0.1, 0.15) is 50.7 Å². The summed E-state index contributed by atoms with van der Waals surface area (Å²) >= 11 is -0.826. The van der Waals surface area contributed by atoms with Crippen molar-refractivity contribution in [1.29, 1.82) is 0 Å². The van der Waals surface area contributed by atoms with Gasteiger partial charge in [-0.2, -0.15) is 6.07 Å². The van der Waals surface area contributed by atoms with Gasteiger partial charge in [-0.25, -0.2) is 0 Å². The van der Waals surface area contributed by atoms with Gasteiger partial charge in [0.2, 0.25) is 0 Å². The molecule has 26 heavy (non-hydrogen) atoms. The summed E-state index contributed by atoms with van der Waals surface area (Å²) in [5, 5.41) is 2.75. The van der Waals surface area contributed by atoms with Crippen molar-refractivity contribution in [1.82, 2.24) is 0 Å². The number of hydrogen-bond donors (Lipinski definition) is 0. The van der Waals surface area contributed by atoms with Crippen molar-refractivity contribution in [3.05, 3.63) is 65.7 Å². The molecular formula is C23H27Cl2Zr-. The Morgan fingerprint density at radius 2 is 1.65 bits per heavy atom. The minimum absolute atomic E-state index is 0.826. The van der Waals surface area contributed by atoms with Crippen LogP contribution in [0.4, 0.5) is 0 Å². The maximum atomic E-state index is 4.93. The molecule has 0 bridgehead atoms. The third-order valence-electron chi connectivity index (χ3n) is 4.80. The predicted molar refractivity (Wildman–Crippen MR) is 114 cm³/mol. The molecule has 0 aliphatic rings. The van der Waals surface area contributed by atoms with E-state index in [0.717, 1.165) is 6.42 Å². The second-order valence-corrected chi connectivity index (χ2v) is 10.3. The van der Waals surface area contributed by atoms with E-state index in [1.807, 2.05) is 0 Å². The Hall–Kier alpha value is -0.487. The molecule has 0 radical (unpaired) electrons. The van der Waals surface area contributed by atoms with E-state index in [1.54, 1.807) is 0 Å². The average Bonchev–Trinajstić information content (AvgIpc) is 3.10. The van der Waals surface area contributed by atoms with Crippen molar-refractivity contribution in [2.45, 2.75) is 52.4 Å². The van der Waals surface area contributed by atoms with Crippen molar-refractivity contribution in [2.24, 2.45) is 0 Å². The fraction of sp³-hybridized carbons (Fsp3) is 0.348. The molecule has 3 aromatic rings. The van der Waals surface area contributed by atoms with Gasteiger partial charge in [-0.15, -0.1) is 34.5 Å². The minimum atomic E-state index is -0.826. The number of fused-ring (bicyclic) bond motifs is 1. The molecule has 0 aliphatic heterocycles. The molecule has 0 fully saturated rings. The zero-order chi connectivity index (χ0) is 18.8. The van der Waals surface area contributed by atoms with Crippen LogP contribution in [0.15, 0.2) is 54.6 Å². The van der Waals surface area contributed by atoms with Gasteiger partial charge in [-0.1, -0.05) is 69.0 Å². The quantitative estimate of drug-likeness (QED) is 0.243. The molecule has 0 saturated carbocycles. The summed E-state index contributed by atoms with van der Waals surface area (Å²) < 4.78 is 0. The normalized spacial score (nSPS) is 10.5. The Morgan fingerprint density at radius 3 is 2.31 bits per heavy atom. The summed E-state index contributed by atoms with van der Waals surface area (Å²) in [5.41, 5.74) is 5.59. The van der Waals surface area contributed by atoms with E-state index < -0.39 is 20.8 Å². The Morgan fingerprint density at radius 1 is 0.923 bits per heavy atom. The number of halogens is 2. The topological polar surface area (TPSA) is 0 Å². The van der Waals surface area contributed by atoms with Gasteiger partial charge in [-0.3, -0.25) is 0 Å². The van der Waals surface area contributed by atoms with Gasteiger partial charge >= 0.3 is 37.9 Å². The number of benzene rings is 2. The zero-order valence-corrected chi connectivity index (χ0v) is 19.7. The Bertz CT molecular complexity index is 775. The van der Waals surface area contributed by atoms with Gasteiger partial charge in [0.15, 0.2) is 0 Å². The monoisotopic (exact) mass is 463 g/mol. The summed E-state index contributed by atoms with van der Waals surface area (Å²) in [6.07, 6.45) is 7.64. The van der Waals surface area contributed by atoms with E-state index in [-0.39, 0.29) is 0 Å². The van der Waals surface area contributed by atoms with Crippen LogP contribution in [0, 0.1) is 0 Å². The van der Waals surface area contributed by atoms with Crippen LogP contribution in [0.3, 0.4) is 0 Å². The molecule has 0 saturated heterocycles. The van der Waals surface area contributed by atoms with Crippen LogP contribution in [-0.4, -0.2) is 0 Å². The second kappa shape index (κ2) is 12.1. The van der Waals surface area contributed by atoms with E-state index in [2.05, 4.69) is 68.4 Å². The molecule has 3 heteroatoms. The van der Waals surface area contributed by atoms with Crippen LogP contribution in [-0.2, 0) is 33.7 Å². The molecule has 3 rings (SSSR count). The van der Waals surface area contributed by atoms with E-state index in [0.29, 0.717) is 0 Å². The Kier molecular flexibility index (Phi) is 10.1. The maximum absolute atomic E-state index is 4.93. The predicted octanol–water partition coefficient (Wildman–Crippen LogP) is 8.29. The summed E-state index contributed by atoms with van der Waals surface area (Å²) in [7, 11) is 9.87. The van der Waals surface area contributed by atoms with Crippen LogP contribution in [0.2, 0.25) is 0 Å². The number of aryl methyl sites for hydroxylation is 2. The Balaban J connectivity index is 0.000000758. The fourth-order valence-corrected chi connectivity index (χ4v) is 3.36. The molecule has 138 valence electrons. The molecule has 0 amide bonds. The van der Waals surface area contributed by atoms with E-state index >= 15 is 0 Å².